The molecule has 1 radical (unpaired) electrons. The van der Waals surface area contributed by atoms with Gasteiger partial charge in [-0.1, -0.05) is 0 Å². The molecule has 0 bridgehead atoms. The van der Waals surface area contributed by atoms with Crippen LogP contribution in [0.1, 0.15) is 0 Å². The van der Waals surface area contributed by atoms with E-state index in [1.807, 2.05) is 0 Å². The molecule has 0 unspecified atom stereocenters. The highest BCUT2D eigenvalue weighted by Crippen LogP contribution is 1.76. The first kappa shape index (κ1) is 9.12. The zero-order valence-corrected chi connectivity index (χ0v) is 5.28. The Kier molecular flexibility index (Phi) is 4.52. The fraction of sp³-hybridized carbons (Fsp3) is 0.500. The molecule has 6 heteroatoms. The van der Waals surface area contributed by atoms with Crippen LogP contribution in [0, 0.1) is 0 Å². The molecule has 10 heavy (non-hydrogen) atoms. The predicted molar refractivity (Wildman–Crippen MR) is 36.1 cm³/mol. The van der Waals surface area contributed by atoms with Gasteiger partial charge in [0, 0.05) is 6.54 Å². The van der Waals surface area contributed by atoms with Crippen LogP contribution in [0.4, 0.5) is 0 Å². The van der Waals surface area contributed by atoms with E-state index >= 15 is 0 Å². The van der Waals surface area contributed by atoms with Crippen LogP contribution >= 0.6 is 0 Å². The molecule has 0 aromatic rings. The van der Waals surface area contributed by atoms with E-state index in [0.29, 0.717) is 6.19 Å². The molecule has 55 valence electrons. The van der Waals surface area contributed by atoms with Gasteiger partial charge in [0.1, 0.15) is 6.04 Å². The Hall–Kier alpha value is -0.875. The molecule has 0 aliphatic rings. The van der Waals surface area contributed by atoms with Crippen molar-refractivity contribution in [2.45, 2.75) is 6.04 Å². The van der Waals surface area contributed by atoms with Crippen molar-refractivity contribution in [1.82, 2.24) is 5.23 Å². The van der Waals surface area contributed by atoms with E-state index in [2.05, 4.69) is 5.23 Å². The quantitative estimate of drug-likeness (QED) is 0.300. The molecule has 0 saturated carbocycles. The summed E-state index contributed by atoms with van der Waals surface area (Å²) in [5.41, 5.74) is 5.04. The highest BCUT2D eigenvalue weighted by atomic mass is 16.4. The predicted octanol–water partition coefficient (Wildman–Crippen LogP) is -2.20. The number of rotatable bonds is 5. The number of nitrogens with two attached hydrogens (primary N) is 1. The first-order chi connectivity index (χ1) is 4.72. The Balaban J connectivity index is 3.60. The lowest BCUT2D eigenvalue weighted by molar-refractivity contribution is -0.138. The van der Waals surface area contributed by atoms with E-state index in [1.54, 1.807) is 0 Å². The van der Waals surface area contributed by atoms with E-state index in [0.717, 1.165) is 7.41 Å². The van der Waals surface area contributed by atoms with Crippen molar-refractivity contribution in [2.24, 2.45) is 5.73 Å². The molecule has 0 rings (SSSR count). The van der Waals surface area contributed by atoms with Gasteiger partial charge in [-0.2, -0.15) is 0 Å². The Morgan fingerprint density at radius 3 is 2.80 bits per heavy atom. The first-order valence-electron chi connectivity index (χ1n) is 2.68. The zero-order chi connectivity index (χ0) is 7.98. The lowest BCUT2D eigenvalue weighted by atomic mass is 9.97. The number of carboxylic acids is 1. The van der Waals surface area contributed by atoms with E-state index in [-0.39, 0.29) is 6.54 Å². The molecule has 0 aromatic carbocycles. The topological polar surface area (TPSA) is 92.4 Å². The summed E-state index contributed by atoms with van der Waals surface area (Å²) in [6.07, 6.45) is 0.464. The van der Waals surface area contributed by atoms with Crippen molar-refractivity contribution < 1.29 is 14.7 Å². The fourth-order valence-corrected chi connectivity index (χ4v) is 0.396. The Labute approximate surface area is 58.9 Å². The second-order valence-corrected chi connectivity index (χ2v) is 1.60. The molecule has 5 nitrogen and oxygen atoms in total. The lowest BCUT2D eigenvalue weighted by Crippen LogP contribution is -2.44. The van der Waals surface area contributed by atoms with Gasteiger partial charge < -0.3 is 20.9 Å². The minimum absolute atomic E-state index is 0.0420. The maximum Gasteiger partial charge on any atom is 0.320 e. The van der Waals surface area contributed by atoms with Crippen LogP contribution in [-0.4, -0.2) is 37.3 Å². The molecule has 0 saturated heterocycles. The van der Waals surface area contributed by atoms with E-state index in [4.69, 9.17) is 10.8 Å². The summed E-state index contributed by atoms with van der Waals surface area (Å²) in [6, 6.07) is -0.870. The van der Waals surface area contributed by atoms with Gasteiger partial charge in [0.2, 0.25) is 0 Å². The molecule has 0 amide bonds. The largest absolute Gasteiger partial charge is 0.480 e. The van der Waals surface area contributed by atoms with Crippen molar-refractivity contribution >= 4 is 19.6 Å². The molecule has 0 aliphatic heterocycles. The molecular formula is C4H8BN2O3. The van der Waals surface area contributed by atoms with Gasteiger partial charge in [0.15, 0.2) is 0 Å². The zero-order valence-electron chi connectivity index (χ0n) is 5.28. The summed E-state index contributed by atoms with van der Waals surface area (Å²) < 4.78 is 0. The van der Waals surface area contributed by atoms with Crippen LogP contribution in [0.3, 0.4) is 0 Å². The number of aliphatic carboxylic acids is 1. The third-order valence-electron chi connectivity index (χ3n) is 0.899. The first-order valence-corrected chi connectivity index (χ1v) is 2.68. The highest BCUT2D eigenvalue weighted by molar-refractivity contribution is 6.64. The number of carbonyl (C=O) groups is 2. The maximum absolute atomic E-state index is 10.2. The average molecular weight is 143 g/mol. The lowest BCUT2D eigenvalue weighted by Gasteiger charge is -2.07. The van der Waals surface area contributed by atoms with Gasteiger partial charge in [-0.3, -0.25) is 4.79 Å². The fourth-order valence-electron chi connectivity index (χ4n) is 0.396. The van der Waals surface area contributed by atoms with Gasteiger partial charge in [-0.25, -0.2) is 0 Å². The number of carboxylic acid groups (broad SMARTS) is 1. The maximum atomic E-state index is 10.2. The summed E-state index contributed by atoms with van der Waals surface area (Å²) in [7, 11) is 1.01. The molecule has 1 atom stereocenters. The second-order valence-electron chi connectivity index (χ2n) is 1.60. The monoisotopic (exact) mass is 143 g/mol. The third-order valence-corrected chi connectivity index (χ3v) is 0.899. The van der Waals surface area contributed by atoms with E-state index in [1.165, 1.54) is 0 Å². The normalized spacial score (nSPS) is 12.1. The van der Waals surface area contributed by atoms with Crippen molar-refractivity contribution in [2.75, 3.05) is 6.54 Å². The third kappa shape index (κ3) is 3.21. The standard InChI is InChI=1S/C4H8BN2O3/c6-1-3(4(9)10)7-5-2-8/h2-3,7H,1,6H2,(H,9,10)/t3-/m0/s1. The van der Waals surface area contributed by atoms with Crippen LogP contribution in [-0.2, 0) is 9.59 Å². The van der Waals surface area contributed by atoms with Crippen LogP contribution in [0.2, 0.25) is 0 Å². The number of hydrogen-bond acceptors (Lipinski definition) is 4. The minimum Gasteiger partial charge on any atom is -0.480 e. The molecular weight excluding hydrogens is 135 g/mol. The number of nitrogens with one attached hydrogen (secondary N) is 1. The van der Waals surface area contributed by atoms with Crippen LogP contribution in [0.15, 0.2) is 0 Å². The molecule has 0 aromatic heterocycles. The van der Waals surface area contributed by atoms with Crippen molar-refractivity contribution in [3.8, 4) is 0 Å². The van der Waals surface area contributed by atoms with Gasteiger partial charge >= 0.3 is 5.97 Å². The molecule has 0 aliphatic carbocycles. The van der Waals surface area contributed by atoms with Crippen LogP contribution in [0.5, 0.6) is 0 Å². The van der Waals surface area contributed by atoms with Gasteiger partial charge in [0.05, 0.1) is 6.19 Å². The molecule has 4 N–H and O–H groups in total. The highest BCUT2D eigenvalue weighted by Gasteiger charge is 2.13. The van der Waals surface area contributed by atoms with Crippen molar-refractivity contribution in [3.63, 3.8) is 0 Å². The summed E-state index contributed by atoms with van der Waals surface area (Å²) >= 11 is 0. The Morgan fingerprint density at radius 2 is 2.50 bits per heavy atom. The van der Waals surface area contributed by atoms with Gasteiger partial charge in [-0.15, -0.1) is 0 Å². The van der Waals surface area contributed by atoms with Crippen LogP contribution < -0.4 is 11.0 Å². The Morgan fingerprint density at radius 1 is 1.90 bits per heavy atom. The summed E-state index contributed by atoms with van der Waals surface area (Å²) in [5, 5.41) is 10.6. The SMILES string of the molecule is NC[C@H](N[B]C=O)C(=O)O. The molecule has 0 heterocycles. The van der Waals surface area contributed by atoms with Crippen molar-refractivity contribution in [1.29, 1.82) is 0 Å². The number of carbonyl (C=O) groups excluding carboxylic acids is 1. The smallest absolute Gasteiger partial charge is 0.320 e. The van der Waals surface area contributed by atoms with E-state index in [9.17, 15) is 9.59 Å². The van der Waals surface area contributed by atoms with Gasteiger partial charge in [-0.05, 0) is 0 Å². The van der Waals surface area contributed by atoms with Crippen molar-refractivity contribution in [3.05, 3.63) is 0 Å². The molecule has 0 fully saturated rings. The Bertz CT molecular complexity index is 130. The molecule has 0 spiro atoms. The summed E-state index contributed by atoms with van der Waals surface area (Å²) in [5.74, 6) is -1.07. The summed E-state index contributed by atoms with van der Waals surface area (Å²) in [4.78, 5) is 19.9. The second kappa shape index (κ2) is 4.95. The minimum atomic E-state index is -1.07. The summed E-state index contributed by atoms with van der Waals surface area (Å²) in [6.45, 7) is -0.0420. The van der Waals surface area contributed by atoms with E-state index < -0.39 is 12.0 Å². The average Bonchev–Trinajstić information content (AvgIpc) is 1.89. The number of hydrogen-bond donors (Lipinski definition) is 3. The van der Waals surface area contributed by atoms with Crippen LogP contribution in [0.25, 0.3) is 0 Å². The van der Waals surface area contributed by atoms with Gasteiger partial charge in [0.25, 0.3) is 7.41 Å².